The van der Waals surface area contributed by atoms with Crippen molar-refractivity contribution in [1.82, 2.24) is 10.2 Å². The molecule has 0 heterocycles. The van der Waals surface area contributed by atoms with Gasteiger partial charge in [-0.15, -0.1) is 0 Å². The molecule has 0 saturated carbocycles. The second kappa shape index (κ2) is 7.48. The van der Waals surface area contributed by atoms with E-state index in [-0.39, 0.29) is 11.9 Å². The maximum atomic E-state index is 8.44. The smallest absolute Gasteiger partial charge is 0.156 e. The third-order valence-corrected chi connectivity index (χ3v) is 2.58. The molecule has 1 atom stereocenters. The normalized spacial score (nSPS) is 14.9. The van der Waals surface area contributed by atoms with Crippen molar-refractivity contribution in [2.75, 3.05) is 20.1 Å². The molecular weight excluding hydrogens is 192 g/mol. The van der Waals surface area contributed by atoms with Gasteiger partial charge in [0.2, 0.25) is 0 Å². The summed E-state index contributed by atoms with van der Waals surface area (Å²) in [5.41, 5.74) is 5.43. The molecule has 0 aromatic heterocycles. The van der Waals surface area contributed by atoms with E-state index in [9.17, 15) is 0 Å². The zero-order chi connectivity index (χ0) is 11.8. The van der Waals surface area contributed by atoms with Gasteiger partial charge in [0, 0.05) is 6.04 Å². The van der Waals surface area contributed by atoms with Crippen molar-refractivity contribution in [2.45, 2.75) is 39.3 Å². The van der Waals surface area contributed by atoms with E-state index >= 15 is 0 Å². The largest absolute Gasteiger partial charge is 0.409 e. The third-order valence-electron chi connectivity index (χ3n) is 2.58. The second-order valence-corrected chi connectivity index (χ2v) is 4.13. The van der Waals surface area contributed by atoms with Gasteiger partial charge in [0.15, 0.2) is 5.84 Å². The Kier molecular flexibility index (Phi) is 7.07. The van der Waals surface area contributed by atoms with Crippen LogP contribution in [0.25, 0.3) is 0 Å². The number of nitrogens with zero attached hydrogens (tertiary/aromatic N) is 2. The maximum absolute atomic E-state index is 8.44. The van der Waals surface area contributed by atoms with Crippen LogP contribution in [0.4, 0.5) is 0 Å². The molecule has 0 aromatic rings. The van der Waals surface area contributed by atoms with Crippen LogP contribution in [0.1, 0.15) is 27.2 Å². The Balaban J connectivity index is 3.55. The summed E-state index contributed by atoms with van der Waals surface area (Å²) in [6.07, 6.45) is 1.05. The van der Waals surface area contributed by atoms with Gasteiger partial charge in [0.05, 0.1) is 6.04 Å². The fraction of sp³-hybridized carbons (Fsp3) is 0.900. The minimum absolute atomic E-state index is 0.0700. The lowest BCUT2D eigenvalue weighted by atomic mass is 10.2. The molecule has 0 aromatic carbocycles. The van der Waals surface area contributed by atoms with Crippen molar-refractivity contribution in [3.63, 3.8) is 0 Å². The molecular formula is C10H24N4O. The van der Waals surface area contributed by atoms with E-state index in [1.54, 1.807) is 0 Å². The number of hydrogen-bond donors (Lipinski definition) is 3. The van der Waals surface area contributed by atoms with Gasteiger partial charge in [0.25, 0.3) is 0 Å². The Morgan fingerprint density at radius 3 is 2.53 bits per heavy atom. The molecule has 0 saturated heterocycles. The topological polar surface area (TPSA) is 73.9 Å². The monoisotopic (exact) mass is 216 g/mol. The first kappa shape index (κ1) is 14.2. The molecule has 15 heavy (non-hydrogen) atoms. The van der Waals surface area contributed by atoms with Crippen LogP contribution in [-0.4, -0.2) is 48.2 Å². The van der Waals surface area contributed by atoms with Gasteiger partial charge in [-0.2, -0.15) is 0 Å². The molecule has 0 bridgehead atoms. The first-order valence-electron chi connectivity index (χ1n) is 5.40. The molecule has 90 valence electrons. The van der Waals surface area contributed by atoms with Gasteiger partial charge in [-0.1, -0.05) is 5.16 Å². The van der Waals surface area contributed by atoms with Crippen molar-refractivity contribution in [2.24, 2.45) is 10.9 Å². The summed E-state index contributed by atoms with van der Waals surface area (Å²) in [5, 5.41) is 14.6. The molecule has 0 radical (unpaired) electrons. The summed E-state index contributed by atoms with van der Waals surface area (Å²) < 4.78 is 0. The lowest BCUT2D eigenvalue weighted by molar-refractivity contribution is 0.269. The molecule has 5 nitrogen and oxygen atoms in total. The summed E-state index contributed by atoms with van der Waals surface area (Å²) in [6.45, 7) is 8.14. The number of amidine groups is 1. The minimum atomic E-state index is -0.0700. The molecule has 5 heteroatoms. The first-order valence-corrected chi connectivity index (χ1v) is 5.40. The van der Waals surface area contributed by atoms with Crippen LogP contribution in [-0.2, 0) is 0 Å². The fourth-order valence-corrected chi connectivity index (χ4v) is 1.10. The predicted octanol–water partition coefficient (Wildman–Crippen LogP) is 0.441. The van der Waals surface area contributed by atoms with E-state index in [4.69, 9.17) is 10.9 Å². The standard InChI is InChI=1S/C10H24N4O/c1-8(2)14(4)7-5-6-12-9(3)10(11)13-15/h8-9,12,15H,5-7H2,1-4H3,(H2,11,13). The molecule has 0 fully saturated rings. The first-order chi connectivity index (χ1) is 6.99. The van der Waals surface area contributed by atoms with Crippen molar-refractivity contribution in [3.8, 4) is 0 Å². The maximum Gasteiger partial charge on any atom is 0.156 e. The number of nitrogens with two attached hydrogens (primary N) is 1. The van der Waals surface area contributed by atoms with Crippen molar-refractivity contribution >= 4 is 5.84 Å². The predicted molar refractivity (Wildman–Crippen MR) is 63.3 cm³/mol. The number of hydrogen-bond acceptors (Lipinski definition) is 4. The zero-order valence-corrected chi connectivity index (χ0v) is 10.2. The van der Waals surface area contributed by atoms with E-state index in [2.05, 4.69) is 36.3 Å². The van der Waals surface area contributed by atoms with E-state index in [0.717, 1.165) is 19.5 Å². The number of rotatable bonds is 7. The summed E-state index contributed by atoms with van der Waals surface area (Å²) in [6, 6.07) is 0.505. The average molecular weight is 216 g/mol. The van der Waals surface area contributed by atoms with Crippen molar-refractivity contribution < 1.29 is 5.21 Å². The Morgan fingerprint density at radius 2 is 2.07 bits per heavy atom. The van der Waals surface area contributed by atoms with Gasteiger partial charge < -0.3 is 21.2 Å². The van der Waals surface area contributed by atoms with Gasteiger partial charge in [-0.05, 0) is 47.3 Å². The molecule has 0 amide bonds. The average Bonchev–Trinajstić information content (AvgIpc) is 2.22. The second-order valence-electron chi connectivity index (χ2n) is 4.13. The van der Waals surface area contributed by atoms with Crippen LogP contribution in [0.15, 0.2) is 5.16 Å². The van der Waals surface area contributed by atoms with E-state index in [1.165, 1.54) is 0 Å². The van der Waals surface area contributed by atoms with Crippen LogP contribution < -0.4 is 11.1 Å². The highest BCUT2D eigenvalue weighted by Gasteiger charge is 2.06. The SMILES string of the molecule is CC(NCCCN(C)C(C)C)C(N)=NO. The van der Waals surface area contributed by atoms with Crippen LogP contribution >= 0.6 is 0 Å². The van der Waals surface area contributed by atoms with Crippen LogP contribution in [0, 0.1) is 0 Å². The Morgan fingerprint density at radius 1 is 1.47 bits per heavy atom. The highest BCUT2D eigenvalue weighted by Crippen LogP contribution is 1.94. The lowest BCUT2D eigenvalue weighted by Crippen LogP contribution is -2.40. The van der Waals surface area contributed by atoms with Crippen LogP contribution in [0.2, 0.25) is 0 Å². The highest BCUT2D eigenvalue weighted by molar-refractivity contribution is 5.84. The summed E-state index contributed by atoms with van der Waals surface area (Å²) >= 11 is 0. The molecule has 0 spiro atoms. The molecule has 0 aliphatic rings. The molecule has 0 aliphatic carbocycles. The fourth-order valence-electron chi connectivity index (χ4n) is 1.10. The van der Waals surface area contributed by atoms with Crippen LogP contribution in [0.5, 0.6) is 0 Å². The highest BCUT2D eigenvalue weighted by atomic mass is 16.4. The summed E-state index contributed by atoms with van der Waals surface area (Å²) in [5.74, 6) is 0.229. The van der Waals surface area contributed by atoms with Crippen molar-refractivity contribution in [1.29, 1.82) is 0 Å². The van der Waals surface area contributed by atoms with Gasteiger partial charge >= 0.3 is 0 Å². The summed E-state index contributed by atoms with van der Waals surface area (Å²) in [7, 11) is 2.11. The minimum Gasteiger partial charge on any atom is -0.409 e. The lowest BCUT2D eigenvalue weighted by Gasteiger charge is -2.21. The number of nitrogens with one attached hydrogen (secondary N) is 1. The van der Waals surface area contributed by atoms with Crippen molar-refractivity contribution in [3.05, 3.63) is 0 Å². The molecule has 4 N–H and O–H groups in total. The zero-order valence-electron chi connectivity index (χ0n) is 10.2. The van der Waals surface area contributed by atoms with E-state index in [0.29, 0.717) is 6.04 Å². The summed E-state index contributed by atoms with van der Waals surface area (Å²) in [4.78, 5) is 2.29. The van der Waals surface area contributed by atoms with E-state index < -0.39 is 0 Å². The Bertz CT molecular complexity index is 194. The van der Waals surface area contributed by atoms with E-state index in [1.807, 2.05) is 6.92 Å². The number of oxime groups is 1. The molecule has 0 aliphatic heterocycles. The van der Waals surface area contributed by atoms with Gasteiger partial charge in [-0.3, -0.25) is 0 Å². The van der Waals surface area contributed by atoms with Gasteiger partial charge in [0.1, 0.15) is 0 Å². The molecule has 1 unspecified atom stereocenters. The van der Waals surface area contributed by atoms with Gasteiger partial charge in [-0.25, -0.2) is 0 Å². The Labute approximate surface area is 92.3 Å². The third kappa shape index (κ3) is 6.30. The molecule has 0 rings (SSSR count). The van der Waals surface area contributed by atoms with Crippen LogP contribution in [0.3, 0.4) is 0 Å². The Hall–Kier alpha value is -0.810. The quantitative estimate of drug-likeness (QED) is 0.190.